The number of nitrogens with two attached hydrogens (primary N) is 1. The number of rotatable bonds is 6. The molecule has 0 rings (SSSR count). The molecule has 9 nitrogen and oxygen atoms in total. The molecule has 0 aliphatic rings. The fourth-order valence-electron chi connectivity index (χ4n) is 0.489. The molecule has 9 heteroatoms. The zero-order valence-electron chi connectivity index (χ0n) is 8.70. The maximum atomic E-state index is 9.85. The van der Waals surface area contributed by atoms with Crippen molar-refractivity contribution >= 4 is 23.9 Å². The maximum absolute atomic E-state index is 9.85. The van der Waals surface area contributed by atoms with Gasteiger partial charge in [-0.25, -0.2) is 0 Å². The molecule has 0 unspecified atom stereocenters. The first-order valence-corrected chi connectivity index (χ1v) is 4.30. The third-order valence-corrected chi connectivity index (χ3v) is 1.26. The van der Waals surface area contributed by atoms with Gasteiger partial charge in [-0.15, -0.1) is 0 Å². The second-order valence-electron chi connectivity index (χ2n) is 2.83. The van der Waals surface area contributed by atoms with E-state index in [1.165, 1.54) is 0 Å². The van der Waals surface area contributed by atoms with Gasteiger partial charge in [0.25, 0.3) is 0 Å². The molecule has 98 valence electrons. The summed E-state index contributed by atoms with van der Waals surface area (Å²) in [5.41, 5.74) is 4.84. The molecule has 0 radical (unpaired) electrons. The molecule has 0 saturated heterocycles. The number of carboxylic acid groups (broad SMARTS) is 4. The van der Waals surface area contributed by atoms with Crippen LogP contribution in [0.25, 0.3) is 0 Å². The maximum Gasteiger partial charge on any atom is 0.321 e. The fourth-order valence-corrected chi connectivity index (χ4v) is 0.489. The molecule has 0 aliphatic carbocycles. The highest BCUT2D eigenvalue weighted by Gasteiger charge is 2.14. The minimum absolute atomic E-state index is 0.296. The van der Waals surface area contributed by atoms with Gasteiger partial charge in [0.05, 0.1) is 19.3 Å². The van der Waals surface area contributed by atoms with E-state index in [2.05, 4.69) is 0 Å². The Labute approximate surface area is 95.5 Å². The van der Waals surface area contributed by atoms with Gasteiger partial charge in [0, 0.05) is 0 Å². The molecule has 0 amide bonds. The predicted octanol–water partition coefficient (Wildman–Crippen LogP) is -1.19. The molecule has 6 N–H and O–H groups in total. The van der Waals surface area contributed by atoms with E-state index in [9.17, 15) is 19.2 Å². The summed E-state index contributed by atoms with van der Waals surface area (Å²) in [6, 6.07) is -1.29. The summed E-state index contributed by atoms with van der Waals surface area (Å²) in [4.78, 5) is 38.9. The summed E-state index contributed by atoms with van der Waals surface area (Å²) in [7, 11) is 0. The van der Waals surface area contributed by atoms with Gasteiger partial charge in [-0.1, -0.05) is 0 Å². The van der Waals surface area contributed by atoms with Crippen molar-refractivity contribution in [1.82, 2.24) is 0 Å². The van der Waals surface area contributed by atoms with Gasteiger partial charge in [-0.05, 0) is 0 Å². The van der Waals surface area contributed by atoms with E-state index in [4.69, 9.17) is 26.2 Å². The molecule has 1 atom stereocenters. The van der Waals surface area contributed by atoms with Crippen LogP contribution in [0.15, 0.2) is 0 Å². The van der Waals surface area contributed by atoms with Crippen molar-refractivity contribution in [3.05, 3.63) is 0 Å². The fraction of sp³-hybridized carbons (Fsp3) is 0.500. The molecular weight excluding hydrogens is 238 g/mol. The van der Waals surface area contributed by atoms with E-state index < -0.39 is 36.3 Å². The SMILES string of the molecule is N[C@@H](CC(=O)O)C(=O)O.O=C(O)CCC(=O)O. The van der Waals surface area contributed by atoms with Crippen LogP contribution in [-0.4, -0.2) is 50.3 Å². The number of hydrogen-bond acceptors (Lipinski definition) is 5. The van der Waals surface area contributed by atoms with Crippen molar-refractivity contribution in [2.24, 2.45) is 5.73 Å². The summed E-state index contributed by atoms with van der Waals surface area (Å²) in [5.74, 6) is -4.65. The van der Waals surface area contributed by atoms with Crippen LogP contribution in [-0.2, 0) is 19.2 Å². The van der Waals surface area contributed by atoms with E-state index in [1.54, 1.807) is 0 Å². The van der Waals surface area contributed by atoms with Crippen LogP contribution in [0, 0.1) is 0 Å². The van der Waals surface area contributed by atoms with E-state index in [1.807, 2.05) is 0 Å². The Morgan fingerprint density at radius 2 is 1.18 bits per heavy atom. The predicted molar refractivity (Wildman–Crippen MR) is 52.4 cm³/mol. The summed E-state index contributed by atoms with van der Waals surface area (Å²) >= 11 is 0. The zero-order valence-corrected chi connectivity index (χ0v) is 8.70. The van der Waals surface area contributed by atoms with Crippen LogP contribution in [0.5, 0.6) is 0 Å². The molecule has 0 heterocycles. The van der Waals surface area contributed by atoms with Crippen molar-refractivity contribution in [2.75, 3.05) is 0 Å². The second-order valence-corrected chi connectivity index (χ2v) is 2.83. The number of carbonyl (C=O) groups is 4. The van der Waals surface area contributed by atoms with Crippen molar-refractivity contribution in [3.63, 3.8) is 0 Å². The van der Waals surface area contributed by atoms with Gasteiger partial charge in [0.15, 0.2) is 0 Å². The second kappa shape index (κ2) is 9.09. The smallest absolute Gasteiger partial charge is 0.321 e. The molecule has 0 aliphatic heterocycles. The Bertz CT molecular complexity index is 286. The third kappa shape index (κ3) is 16.5. The lowest BCUT2D eigenvalue weighted by Gasteiger charge is -1.99. The molecule has 0 saturated carbocycles. The number of carboxylic acids is 4. The van der Waals surface area contributed by atoms with Crippen LogP contribution in [0.1, 0.15) is 19.3 Å². The van der Waals surface area contributed by atoms with E-state index in [0.717, 1.165) is 0 Å². The Morgan fingerprint density at radius 1 is 0.824 bits per heavy atom. The lowest BCUT2D eigenvalue weighted by atomic mass is 10.2. The minimum atomic E-state index is -1.29. The van der Waals surface area contributed by atoms with Crippen molar-refractivity contribution in [1.29, 1.82) is 0 Å². The molecular formula is C8H13NO8. The highest BCUT2D eigenvalue weighted by Crippen LogP contribution is 1.86. The molecule has 0 spiro atoms. The molecule has 17 heavy (non-hydrogen) atoms. The quantitative estimate of drug-likeness (QED) is 0.388. The number of hydrogen-bond donors (Lipinski definition) is 5. The first-order chi connectivity index (χ1) is 7.66. The Kier molecular flexibility index (Phi) is 9.22. The van der Waals surface area contributed by atoms with Gasteiger partial charge < -0.3 is 26.2 Å². The van der Waals surface area contributed by atoms with Gasteiger partial charge in [-0.3, -0.25) is 19.2 Å². The van der Waals surface area contributed by atoms with Crippen LogP contribution >= 0.6 is 0 Å². The summed E-state index contributed by atoms with van der Waals surface area (Å²) in [6.07, 6.45) is -1.13. The van der Waals surface area contributed by atoms with E-state index in [-0.39, 0.29) is 12.8 Å². The highest BCUT2D eigenvalue weighted by atomic mass is 16.4. The Hall–Kier alpha value is -2.16. The first kappa shape index (κ1) is 17.2. The van der Waals surface area contributed by atoms with E-state index >= 15 is 0 Å². The standard InChI is InChI=1S/C4H7NO4.C4H6O4/c5-2(4(8)9)1-3(6)7;5-3(6)1-2-4(7)8/h2H,1,5H2,(H,6,7)(H,8,9);1-2H2,(H,5,6)(H,7,8)/t2-;/m0./s1. The largest absolute Gasteiger partial charge is 0.481 e. The van der Waals surface area contributed by atoms with Gasteiger partial charge in [-0.2, -0.15) is 0 Å². The molecule has 0 aromatic carbocycles. The zero-order chi connectivity index (χ0) is 14.0. The minimum Gasteiger partial charge on any atom is -0.481 e. The van der Waals surface area contributed by atoms with Crippen molar-refractivity contribution in [2.45, 2.75) is 25.3 Å². The van der Waals surface area contributed by atoms with Crippen LogP contribution in [0.3, 0.4) is 0 Å². The normalized spacial score (nSPS) is 10.6. The third-order valence-electron chi connectivity index (χ3n) is 1.26. The van der Waals surface area contributed by atoms with Gasteiger partial charge in [0.1, 0.15) is 6.04 Å². The van der Waals surface area contributed by atoms with Crippen LogP contribution in [0.2, 0.25) is 0 Å². The lowest BCUT2D eigenvalue weighted by molar-refractivity contribution is -0.144. The lowest BCUT2D eigenvalue weighted by Crippen LogP contribution is -2.32. The topological polar surface area (TPSA) is 175 Å². The Morgan fingerprint density at radius 3 is 1.29 bits per heavy atom. The van der Waals surface area contributed by atoms with E-state index in [0.29, 0.717) is 0 Å². The monoisotopic (exact) mass is 251 g/mol. The van der Waals surface area contributed by atoms with Gasteiger partial charge in [0.2, 0.25) is 0 Å². The van der Waals surface area contributed by atoms with Crippen molar-refractivity contribution in [3.8, 4) is 0 Å². The summed E-state index contributed by atoms with van der Waals surface area (Å²) < 4.78 is 0. The highest BCUT2D eigenvalue weighted by molar-refractivity contribution is 5.80. The average Bonchev–Trinajstić information content (AvgIpc) is 2.14. The Balaban J connectivity index is 0. The summed E-state index contributed by atoms with van der Waals surface area (Å²) in [5, 5.41) is 31.8. The van der Waals surface area contributed by atoms with Gasteiger partial charge >= 0.3 is 23.9 Å². The van der Waals surface area contributed by atoms with Crippen molar-refractivity contribution < 1.29 is 39.6 Å². The first-order valence-electron chi connectivity index (χ1n) is 4.30. The van der Waals surface area contributed by atoms with Crippen LogP contribution in [0.4, 0.5) is 0 Å². The molecule has 0 aromatic rings. The summed E-state index contributed by atoms with van der Waals surface area (Å²) in [6.45, 7) is 0. The molecule has 0 bridgehead atoms. The molecule has 0 aromatic heterocycles. The van der Waals surface area contributed by atoms with Crippen LogP contribution < -0.4 is 5.73 Å². The molecule has 0 fully saturated rings. The number of aliphatic carboxylic acids is 4. The average molecular weight is 251 g/mol.